The fourth-order valence-corrected chi connectivity index (χ4v) is 4.16. The van der Waals surface area contributed by atoms with E-state index in [1.165, 1.54) is 37.6 Å². The summed E-state index contributed by atoms with van der Waals surface area (Å²) in [7, 11) is 1.45. The minimum absolute atomic E-state index is 0.0628. The van der Waals surface area contributed by atoms with Crippen LogP contribution in [0.4, 0.5) is 10.5 Å². The van der Waals surface area contributed by atoms with Crippen molar-refractivity contribution in [3.63, 3.8) is 0 Å². The number of carbonyl (C=O) groups excluding carboxylic acids is 3. The van der Waals surface area contributed by atoms with Crippen LogP contribution in [0.15, 0.2) is 71.7 Å². The van der Waals surface area contributed by atoms with E-state index in [2.05, 4.69) is 25.9 Å². The van der Waals surface area contributed by atoms with Crippen molar-refractivity contribution in [3.8, 4) is 5.88 Å². The van der Waals surface area contributed by atoms with E-state index < -0.39 is 35.1 Å². The summed E-state index contributed by atoms with van der Waals surface area (Å²) in [4.78, 5) is 58.0. The number of amides is 3. The number of rotatable bonds is 8. The first kappa shape index (κ1) is 30.1. The van der Waals surface area contributed by atoms with E-state index in [9.17, 15) is 19.2 Å². The molecule has 0 radical (unpaired) electrons. The van der Waals surface area contributed by atoms with Crippen LogP contribution in [0, 0.1) is 0 Å². The van der Waals surface area contributed by atoms with Gasteiger partial charge >= 0.3 is 6.09 Å². The standard InChI is InChI=1S/C30H30ClN5O6/c1-30(2,3)42-29(40)33-16-24(17-8-6-5-7-9-17)36-26(37)18-10-11-21(31)23(13-18)35-28(39)20-12-19-15-32-25(41-4)14-22(19)34-27(20)38/h5-15,24H,16H2,1-4H3,(H,33,40)(H,34,38)(H,35,39)(H,36,37). The number of nitrogens with zero attached hydrogens (tertiary/aromatic N) is 1. The number of methoxy groups -OCH3 is 1. The summed E-state index contributed by atoms with van der Waals surface area (Å²) in [6.45, 7) is 5.33. The first-order valence-electron chi connectivity index (χ1n) is 12.9. The van der Waals surface area contributed by atoms with Gasteiger partial charge in [-0.15, -0.1) is 0 Å². The van der Waals surface area contributed by atoms with Gasteiger partial charge in [-0.3, -0.25) is 14.4 Å². The maximum Gasteiger partial charge on any atom is 0.407 e. The van der Waals surface area contributed by atoms with Crippen molar-refractivity contribution < 1.29 is 23.9 Å². The molecule has 0 saturated heterocycles. The number of H-pyrrole nitrogens is 1. The Morgan fingerprint density at radius 1 is 1.02 bits per heavy atom. The number of aromatic amines is 1. The van der Waals surface area contributed by atoms with Crippen molar-refractivity contribution in [1.82, 2.24) is 20.6 Å². The van der Waals surface area contributed by atoms with Gasteiger partial charge in [0.15, 0.2) is 0 Å². The molecule has 0 aliphatic carbocycles. The van der Waals surface area contributed by atoms with E-state index in [4.69, 9.17) is 21.1 Å². The lowest BCUT2D eigenvalue weighted by Gasteiger charge is -2.23. The quantitative estimate of drug-likeness (QED) is 0.229. The largest absolute Gasteiger partial charge is 0.481 e. The molecule has 4 aromatic rings. The molecule has 42 heavy (non-hydrogen) atoms. The van der Waals surface area contributed by atoms with E-state index >= 15 is 0 Å². The number of carbonyl (C=O) groups is 3. The fourth-order valence-electron chi connectivity index (χ4n) is 3.99. The Morgan fingerprint density at radius 2 is 1.76 bits per heavy atom. The lowest BCUT2D eigenvalue weighted by molar-refractivity contribution is 0.0519. The average molecular weight is 592 g/mol. The zero-order valence-corrected chi connectivity index (χ0v) is 24.2. The van der Waals surface area contributed by atoms with Gasteiger partial charge in [-0.2, -0.15) is 0 Å². The van der Waals surface area contributed by atoms with Gasteiger partial charge in [0.25, 0.3) is 17.4 Å². The number of hydrogen-bond acceptors (Lipinski definition) is 7. The predicted octanol–water partition coefficient (Wildman–Crippen LogP) is 4.83. The molecule has 2 heterocycles. The van der Waals surface area contributed by atoms with Crippen molar-refractivity contribution in [1.29, 1.82) is 0 Å². The van der Waals surface area contributed by atoms with Crippen molar-refractivity contribution >= 4 is 46.1 Å². The second-order valence-electron chi connectivity index (χ2n) is 10.3. The van der Waals surface area contributed by atoms with Gasteiger partial charge < -0.3 is 30.4 Å². The molecule has 3 amide bonds. The van der Waals surface area contributed by atoms with Crippen LogP contribution in [-0.4, -0.2) is 47.1 Å². The van der Waals surface area contributed by atoms with Gasteiger partial charge in [0.05, 0.1) is 29.4 Å². The molecular formula is C30H30ClN5O6. The number of ether oxygens (including phenoxy) is 2. The van der Waals surface area contributed by atoms with Gasteiger partial charge in [0.1, 0.15) is 11.2 Å². The lowest BCUT2D eigenvalue weighted by Crippen LogP contribution is -2.40. The second kappa shape index (κ2) is 12.7. The molecule has 0 fully saturated rings. The number of halogens is 1. The van der Waals surface area contributed by atoms with Crippen molar-refractivity contribution in [3.05, 3.63) is 98.9 Å². The molecule has 0 saturated carbocycles. The molecule has 2 aromatic heterocycles. The summed E-state index contributed by atoms with van der Waals surface area (Å²) in [5.74, 6) is -0.893. The zero-order chi connectivity index (χ0) is 30.4. The number of fused-ring (bicyclic) bond motifs is 1. The van der Waals surface area contributed by atoms with Gasteiger partial charge in [0, 0.05) is 29.8 Å². The minimum atomic E-state index is -0.725. The van der Waals surface area contributed by atoms with Gasteiger partial charge in [-0.1, -0.05) is 41.9 Å². The highest BCUT2D eigenvalue weighted by Gasteiger charge is 2.21. The molecule has 218 valence electrons. The number of hydrogen-bond donors (Lipinski definition) is 4. The number of nitrogens with one attached hydrogen (secondary N) is 4. The van der Waals surface area contributed by atoms with Crippen molar-refractivity contribution in [2.75, 3.05) is 19.0 Å². The maximum atomic E-state index is 13.3. The van der Waals surface area contributed by atoms with Crippen molar-refractivity contribution in [2.24, 2.45) is 0 Å². The number of pyridine rings is 2. The molecular weight excluding hydrogens is 562 g/mol. The molecule has 1 atom stereocenters. The van der Waals surface area contributed by atoms with Crippen LogP contribution in [0.2, 0.25) is 5.02 Å². The first-order valence-corrected chi connectivity index (χ1v) is 13.3. The number of benzene rings is 2. The van der Waals surface area contributed by atoms with Crippen molar-refractivity contribution in [2.45, 2.75) is 32.4 Å². The summed E-state index contributed by atoms with van der Waals surface area (Å²) in [5.41, 5.74) is 0.0592. The van der Waals surface area contributed by atoms with E-state index in [-0.39, 0.29) is 28.4 Å². The molecule has 4 rings (SSSR count). The Morgan fingerprint density at radius 3 is 2.45 bits per heavy atom. The second-order valence-corrected chi connectivity index (χ2v) is 10.7. The molecule has 0 spiro atoms. The number of anilines is 1. The Balaban J connectivity index is 1.52. The summed E-state index contributed by atoms with van der Waals surface area (Å²) in [6, 6.07) is 15.8. The summed E-state index contributed by atoms with van der Waals surface area (Å²) in [5, 5.41) is 8.88. The highest BCUT2D eigenvalue weighted by Crippen LogP contribution is 2.25. The summed E-state index contributed by atoms with van der Waals surface area (Å²) >= 11 is 6.32. The monoisotopic (exact) mass is 591 g/mol. The van der Waals surface area contributed by atoms with Crippen LogP contribution in [0.1, 0.15) is 53.1 Å². The first-order chi connectivity index (χ1) is 19.9. The third-order valence-corrected chi connectivity index (χ3v) is 6.32. The number of aromatic nitrogens is 2. The Bertz CT molecular complexity index is 1680. The van der Waals surface area contributed by atoms with E-state index in [0.29, 0.717) is 16.8 Å². The van der Waals surface area contributed by atoms with Crippen LogP contribution in [0.3, 0.4) is 0 Å². The molecule has 4 N–H and O–H groups in total. The summed E-state index contributed by atoms with van der Waals surface area (Å²) in [6.07, 6.45) is 0.854. The molecule has 0 aliphatic heterocycles. The Labute approximate surface area is 246 Å². The molecule has 2 aromatic carbocycles. The van der Waals surface area contributed by atoms with Crippen LogP contribution in [0.25, 0.3) is 10.9 Å². The van der Waals surface area contributed by atoms with E-state index in [1.807, 2.05) is 30.3 Å². The fraction of sp³-hybridized carbons (Fsp3) is 0.233. The predicted molar refractivity (Wildman–Crippen MR) is 159 cm³/mol. The van der Waals surface area contributed by atoms with Gasteiger partial charge in [-0.05, 0) is 50.6 Å². The van der Waals surface area contributed by atoms with Gasteiger partial charge in [-0.25, -0.2) is 9.78 Å². The molecule has 1 unspecified atom stereocenters. The zero-order valence-electron chi connectivity index (χ0n) is 23.4. The topological polar surface area (TPSA) is 152 Å². The number of alkyl carbamates (subject to hydrolysis) is 1. The molecule has 0 aliphatic rings. The average Bonchev–Trinajstić information content (AvgIpc) is 2.95. The highest BCUT2D eigenvalue weighted by atomic mass is 35.5. The third kappa shape index (κ3) is 7.64. The maximum absolute atomic E-state index is 13.3. The molecule has 0 bridgehead atoms. The molecule has 12 heteroatoms. The SMILES string of the molecule is COc1cc2[nH]c(=O)c(C(=O)Nc3cc(C(=O)NC(CNC(=O)OC(C)(C)C)c4ccccc4)ccc3Cl)cc2cn1. The minimum Gasteiger partial charge on any atom is -0.481 e. The lowest BCUT2D eigenvalue weighted by atomic mass is 10.1. The summed E-state index contributed by atoms with van der Waals surface area (Å²) < 4.78 is 10.4. The van der Waals surface area contributed by atoms with Crippen LogP contribution in [0.5, 0.6) is 5.88 Å². The van der Waals surface area contributed by atoms with Crippen LogP contribution in [-0.2, 0) is 4.74 Å². The molecule has 11 nitrogen and oxygen atoms in total. The van der Waals surface area contributed by atoms with E-state index in [0.717, 1.165) is 5.56 Å². The van der Waals surface area contributed by atoms with Crippen LogP contribution >= 0.6 is 11.6 Å². The highest BCUT2D eigenvalue weighted by molar-refractivity contribution is 6.34. The smallest absolute Gasteiger partial charge is 0.407 e. The normalized spacial score (nSPS) is 11.8. The van der Waals surface area contributed by atoms with E-state index in [1.54, 1.807) is 26.8 Å². The Kier molecular flexibility index (Phi) is 9.12. The van der Waals surface area contributed by atoms with Gasteiger partial charge in [0.2, 0.25) is 5.88 Å². The third-order valence-electron chi connectivity index (χ3n) is 5.99. The Hall–Kier alpha value is -4.90. The van der Waals surface area contributed by atoms with Crippen LogP contribution < -0.4 is 26.2 Å².